The zero-order valence-electron chi connectivity index (χ0n) is 11.3. The number of nitrogens with one attached hydrogen (secondary N) is 1. The molecule has 19 heavy (non-hydrogen) atoms. The lowest BCUT2D eigenvalue weighted by atomic mass is 10.1. The molecule has 1 aliphatic carbocycles. The average molecular weight is 261 g/mol. The minimum absolute atomic E-state index is 0.305. The highest BCUT2D eigenvalue weighted by atomic mass is 19.1. The van der Waals surface area contributed by atoms with Gasteiger partial charge in [0.05, 0.1) is 11.6 Å². The van der Waals surface area contributed by atoms with Crippen LogP contribution in [0.5, 0.6) is 0 Å². The van der Waals surface area contributed by atoms with Gasteiger partial charge in [-0.3, -0.25) is 4.90 Å². The first-order chi connectivity index (χ1) is 9.24. The molecule has 1 aromatic carbocycles. The summed E-state index contributed by atoms with van der Waals surface area (Å²) in [6.07, 6.45) is 2.64. The van der Waals surface area contributed by atoms with Crippen LogP contribution in [-0.2, 0) is 6.54 Å². The van der Waals surface area contributed by atoms with Gasteiger partial charge in [-0.25, -0.2) is 4.39 Å². The summed E-state index contributed by atoms with van der Waals surface area (Å²) in [6.45, 7) is 5.65. The van der Waals surface area contributed by atoms with E-state index in [1.54, 1.807) is 12.1 Å². The number of nitrogens with zero attached hydrogens (tertiary/aromatic N) is 2. The van der Waals surface area contributed by atoms with Gasteiger partial charge < -0.3 is 5.32 Å². The average Bonchev–Trinajstić information content (AvgIpc) is 3.24. The predicted molar refractivity (Wildman–Crippen MR) is 73.1 cm³/mol. The second-order valence-electron chi connectivity index (χ2n) is 4.95. The Labute approximate surface area is 114 Å². The minimum atomic E-state index is -0.305. The van der Waals surface area contributed by atoms with E-state index in [9.17, 15) is 4.39 Å². The number of benzene rings is 1. The Bertz CT molecular complexity index is 463. The topological polar surface area (TPSA) is 39.1 Å². The maximum Gasteiger partial charge on any atom is 0.129 e. The molecule has 102 valence electrons. The van der Waals surface area contributed by atoms with Gasteiger partial charge in [-0.1, -0.05) is 13.0 Å². The zero-order chi connectivity index (χ0) is 13.7. The lowest BCUT2D eigenvalue weighted by molar-refractivity contribution is 0.276. The fourth-order valence-corrected chi connectivity index (χ4v) is 2.24. The Balaban J connectivity index is 1.74. The molecular weight excluding hydrogens is 241 g/mol. The van der Waals surface area contributed by atoms with Crippen molar-refractivity contribution >= 4 is 0 Å². The maximum absolute atomic E-state index is 13.6. The van der Waals surface area contributed by atoms with E-state index in [-0.39, 0.29) is 5.82 Å². The van der Waals surface area contributed by atoms with Gasteiger partial charge in [0.1, 0.15) is 5.82 Å². The number of likely N-dealkylation sites (N-methyl/N-ethyl adjacent to an activating group) is 1. The summed E-state index contributed by atoms with van der Waals surface area (Å²) in [4.78, 5) is 2.46. The Hall–Kier alpha value is -1.44. The fourth-order valence-electron chi connectivity index (χ4n) is 2.24. The molecule has 0 unspecified atom stereocenters. The summed E-state index contributed by atoms with van der Waals surface area (Å²) in [5.41, 5.74) is 0.987. The van der Waals surface area contributed by atoms with Gasteiger partial charge in [0.15, 0.2) is 0 Å². The van der Waals surface area contributed by atoms with E-state index in [0.717, 1.165) is 25.7 Å². The molecule has 0 atom stereocenters. The molecule has 0 aromatic heterocycles. The van der Waals surface area contributed by atoms with Crippen molar-refractivity contribution in [1.29, 1.82) is 5.26 Å². The third-order valence-electron chi connectivity index (χ3n) is 3.54. The summed E-state index contributed by atoms with van der Waals surface area (Å²) in [5.74, 6) is -0.305. The number of hydrogen-bond acceptors (Lipinski definition) is 3. The molecule has 1 N–H and O–H groups in total. The third kappa shape index (κ3) is 4.02. The summed E-state index contributed by atoms with van der Waals surface area (Å²) in [6, 6.07) is 7.34. The molecule has 0 radical (unpaired) electrons. The molecule has 1 fully saturated rings. The fraction of sp³-hybridized carbons (Fsp3) is 0.533. The van der Waals surface area contributed by atoms with Crippen LogP contribution in [0.1, 0.15) is 30.9 Å². The van der Waals surface area contributed by atoms with Crippen LogP contribution in [0.2, 0.25) is 0 Å². The van der Waals surface area contributed by atoms with Crippen molar-refractivity contribution < 1.29 is 4.39 Å². The lowest BCUT2D eigenvalue weighted by Gasteiger charge is -2.19. The van der Waals surface area contributed by atoms with Crippen molar-refractivity contribution in [3.05, 3.63) is 35.1 Å². The van der Waals surface area contributed by atoms with E-state index >= 15 is 0 Å². The Morgan fingerprint density at radius 1 is 1.47 bits per heavy atom. The first kappa shape index (κ1) is 14.0. The quantitative estimate of drug-likeness (QED) is 0.765. The van der Waals surface area contributed by atoms with Crippen LogP contribution in [0.3, 0.4) is 0 Å². The van der Waals surface area contributed by atoms with Gasteiger partial charge in [0.25, 0.3) is 0 Å². The molecule has 2 rings (SSSR count). The number of hydrogen-bond donors (Lipinski definition) is 1. The highest BCUT2D eigenvalue weighted by molar-refractivity contribution is 5.32. The molecule has 0 bridgehead atoms. The Morgan fingerprint density at radius 3 is 2.84 bits per heavy atom. The van der Waals surface area contributed by atoms with Crippen molar-refractivity contribution in [2.75, 3.05) is 19.6 Å². The second kappa shape index (κ2) is 6.65. The van der Waals surface area contributed by atoms with Crippen LogP contribution >= 0.6 is 0 Å². The van der Waals surface area contributed by atoms with Gasteiger partial charge in [0, 0.05) is 31.2 Å². The summed E-state index contributed by atoms with van der Waals surface area (Å²) >= 11 is 0. The van der Waals surface area contributed by atoms with Crippen LogP contribution in [-0.4, -0.2) is 30.6 Å². The van der Waals surface area contributed by atoms with Crippen molar-refractivity contribution in [2.24, 2.45) is 0 Å². The molecule has 3 nitrogen and oxygen atoms in total. The van der Waals surface area contributed by atoms with E-state index in [4.69, 9.17) is 5.26 Å². The highest BCUT2D eigenvalue weighted by Crippen LogP contribution is 2.25. The first-order valence-electron chi connectivity index (χ1n) is 6.88. The number of rotatable bonds is 7. The molecule has 1 saturated carbocycles. The van der Waals surface area contributed by atoms with Gasteiger partial charge in [-0.15, -0.1) is 0 Å². The van der Waals surface area contributed by atoms with Crippen LogP contribution < -0.4 is 5.32 Å². The van der Waals surface area contributed by atoms with E-state index in [1.807, 2.05) is 6.07 Å². The molecule has 4 heteroatoms. The summed E-state index contributed by atoms with van der Waals surface area (Å²) < 4.78 is 13.6. The summed E-state index contributed by atoms with van der Waals surface area (Å²) in [7, 11) is 0. The monoisotopic (exact) mass is 261 g/mol. The van der Waals surface area contributed by atoms with E-state index in [1.165, 1.54) is 18.9 Å². The van der Waals surface area contributed by atoms with E-state index in [2.05, 4.69) is 17.1 Å². The Kier molecular flexibility index (Phi) is 4.89. The van der Waals surface area contributed by atoms with Crippen molar-refractivity contribution in [3.63, 3.8) is 0 Å². The molecule has 1 aromatic rings. The second-order valence-corrected chi connectivity index (χ2v) is 4.95. The molecule has 0 amide bonds. The van der Waals surface area contributed by atoms with Gasteiger partial charge in [-0.05, 0) is 31.5 Å². The minimum Gasteiger partial charge on any atom is -0.311 e. The zero-order valence-corrected chi connectivity index (χ0v) is 11.3. The highest BCUT2D eigenvalue weighted by Gasteiger charge is 2.26. The molecule has 1 aliphatic rings. The van der Waals surface area contributed by atoms with Crippen molar-refractivity contribution in [1.82, 2.24) is 10.2 Å². The third-order valence-corrected chi connectivity index (χ3v) is 3.54. The van der Waals surface area contributed by atoms with Crippen LogP contribution in [0, 0.1) is 17.1 Å². The van der Waals surface area contributed by atoms with Crippen LogP contribution in [0.15, 0.2) is 18.2 Å². The first-order valence-corrected chi connectivity index (χ1v) is 6.88. The van der Waals surface area contributed by atoms with Gasteiger partial charge in [-0.2, -0.15) is 5.26 Å². The summed E-state index contributed by atoms with van der Waals surface area (Å²) in [5, 5.41) is 11.9. The van der Waals surface area contributed by atoms with Crippen LogP contribution in [0.25, 0.3) is 0 Å². The van der Waals surface area contributed by atoms with Crippen molar-refractivity contribution in [2.45, 2.75) is 32.4 Å². The SMILES string of the molecule is CCN(CCNCc1ccc(C#N)cc1F)C1CC1. The molecular formula is C15H20FN3. The molecule has 0 aliphatic heterocycles. The standard InChI is InChI=1S/C15H20FN3/c1-2-19(14-5-6-14)8-7-18-11-13-4-3-12(10-17)9-15(13)16/h3-4,9,14,18H,2,5-8,11H2,1H3. The van der Waals surface area contributed by atoms with Crippen LogP contribution in [0.4, 0.5) is 4.39 Å². The molecule has 0 heterocycles. The normalized spacial score (nSPS) is 14.6. The smallest absolute Gasteiger partial charge is 0.129 e. The number of nitriles is 1. The lowest BCUT2D eigenvalue weighted by Crippen LogP contribution is -2.33. The van der Waals surface area contributed by atoms with E-state index < -0.39 is 0 Å². The van der Waals surface area contributed by atoms with Gasteiger partial charge >= 0.3 is 0 Å². The predicted octanol–water partition coefficient (Wildman–Crippen LogP) is 2.27. The molecule has 0 spiro atoms. The largest absolute Gasteiger partial charge is 0.311 e. The molecule has 0 saturated heterocycles. The van der Waals surface area contributed by atoms with Gasteiger partial charge in [0.2, 0.25) is 0 Å². The number of halogens is 1. The van der Waals surface area contributed by atoms with E-state index in [0.29, 0.717) is 17.7 Å². The maximum atomic E-state index is 13.6. The van der Waals surface area contributed by atoms with Crippen molar-refractivity contribution in [3.8, 4) is 6.07 Å². The Morgan fingerprint density at radius 2 is 2.26 bits per heavy atom.